The van der Waals surface area contributed by atoms with Crippen LogP contribution in [0, 0.1) is 5.82 Å². The highest BCUT2D eigenvalue weighted by Crippen LogP contribution is 2.30. The van der Waals surface area contributed by atoms with E-state index in [-0.39, 0.29) is 4.91 Å². The van der Waals surface area contributed by atoms with E-state index in [0.29, 0.717) is 28.2 Å². The molecule has 7 nitrogen and oxygen atoms in total. The molecule has 2 N–H and O–H groups in total. The van der Waals surface area contributed by atoms with Crippen LogP contribution >= 0.6 is 23.4 Å². The summed E-state index contributed by atoms with van der Waals surface area (Å²) < 4.78 is 12.9. The largest absolute Gasteiger partial charge is 0.325 e. The molecular formula is C19H13ClFN3O4S. The van der Waals surface area contributed by atoms with Crippen molar-refractivity contribution in [2.75, 3.05) is 17.2 Å². The fourth-order valence-corrected chi connectivity index (χ4v) is 3.28. The molecule has 1 fully saturated rings. The first-order valence-corrected chi connectivity index (χ1v) is 9.38. The van der Waals surface area contributed by atoms with Crippen molar-refractivity contribution >= 4 is 57.7 Å². The van der Waals surface area contributed by atoms with Crippen molar-refractivity contribution in [3.8, 4) is 0 Å². The van der Waals surface area contributed by atoms with E-state index in [2.05, 4.69) is 10.6 Å². The summed E-state index contributed by atoms with van der Waals surface area (Å²) in [6, 6.07) is 11.4. The number of benzene rings is 2. The van der Waals surface area contributed by atoms with Crippen molar-refractivity contribution in [3.05, 3.63) is 70.4 Å². The number of imide groups is 1. The highest BCUT2D eigenvalue weighted by Gasteiger charge is 2.36. The van der Waals surface area contributed by atoms with Crippen LogP contribution in [0.25, 0.3) is 0 Å². The van der Waals surface area contributed by atoms with Crippen LogP contribution in [0.4, 0.5) is 20.6 Å². The summed E-state index contributed by atoms with van der Waals surface area (Å²) in [5.41, 5.74) is 0.787. The molecule has 0 saturated carbocycles. The van der Waals surface area contributed by atoms with Gasteiger partial charge in [0.15, 0.2) is 0 Å². The number of hydrogen-bond acceptors (Lipinski definition) is 5. The maximum atomic E-state index is 12.9. The Morgan fingerprint density at radius 1 is 1.00 bits per heavy atom. The van der Waals surface area contributed by atoms with E-state index < -0.39 is 35.3 Å². The number of carbonyl (C=O) groups is 4. The van der Waals surface area contributed by atoms with Crippen molar-refractivity contribution in [1.29, 1.82) is 0 Å². The molecule has 0 aliphatic carbocycles. The lowest BCUT2D eigenvalue weighted by atomic mass is 10.3. The van der Waals surface area contributed by atoms with Crippen molar-refractivity contribution in [2.45, 2.75) is 0 Å². The maximum Gasteiger partial charge on any atom is 0.294 e. The monoisotopic (exact) mass is 433 g/mol. The standard InChI is InChI=1S/C19H13ClFN3O4S/c20-11-1-5-13(6-2-11)22-16(25)9-15-18(27)24(19(28)29-15)10-17(26)23-14-7-3-12(21)4-8-14/h1-9H,10H2,(H,22,25)(H,23,26)/b15-9-. The zero-order chi connectivity index (χ0) is 21.0. The molecule has 2 aromatic rings. The first-order valence-electron chi connectivity index (χ1n) is 8.19. The Kier molecular flexibility index (Phi) is 6.30. The Hall–Kier alpha value is -3.17. The molecule has 0 radical (unpaired) electrons. The summed E-state index contributed by atoms with van der Waals surface area (Å²) in [4.78, 5) is 49.2. The summed E-state index contributed by atoms with van der Waals surface area (Å²) in [5, 5.41) is 4.84. The Morgan fingerprint density at radius 2 is 1.59 bits per heavy atom. The van der Waals surface area contributed by atoms with Crippen LogP contribution in [0.15, 0.2) is 59.5 Å². The van der Waals surface area contributed by atoms with Crippen molar-refractivity contribution < 1.29 is 23.6 Å². The second-order valence-corrected chi connectivity index (χ2v) is 7.25. The molecule has 0 spiro atoms. The Morgan fingerprint density at radius 3 is 2.24 bits per heavy atom. The Labute approximate surface area is 173 Å². The van der Waals surface area contributed by atoms with E-state index in [1.54, 1.807) is 24.3 Å². The van der Waals surface area contributed by atoms with Gasteiger partial charge in [0.1, 0.15) is 12.4 Å². The number of nitrogens with zero attached hydrogens (tertiary/aromatic N) is 1. The molecule has 2 aromatic carbocycles. The van der Waals surface area contributed by atoms with E-state index in [9.17, 15) is 23.6 Å². The van der Waals surface area contributed by atoms with Crippen LogP contribution in [-0.4, -0.2) is 34.4 Å². The average molecular weight is 434 g/mol. The minimum Gasteiger partial charge on any atom is -0.325 e. The smallest absolute Gasteiger partial charge is 0.294 e. The summed E-state index contributed by atoms with van der Waals surface area (Å²) in [5.74, 6) is -2.45. The van der Waals surface area contributed by atoms with Gasteiger partial charge in [0, 0.05) is 22.5 Å². The number of nitrogens with one attached hydrogen (secondary N) is 2. The fraction of sp³-hybridized carbons (Fsp3) is 0.0526. The van der Waals surface area contributed by atoms with Gasteiger partial charge in [-0.25, -0.2) is 4.39 Å². The summed E-state index contributed by atoms with van der Waals surface area (Å²) >= 11 is 6.33. The van der Waals surface area contributed by atoms with E-state index >= 15 is 0 Å². The lowest BCUT2D eigenvalue weighted by Gasteiger charge is -2.12. The molecule has 148 valence electrons. The highest BCUT2D eigenvalue weighted by atomic mass is 35.5. The highest BCUT2D eigenvalue weighted by molar-refractivity contribution is 8.18. The van der Waals surface area contributed by atoms with Gasteiger partial charge < -0.3 is 10.6 Å². The molecule has 10 heteroatoms. The molecule has 1 aliphatic rings. The van der Waals surface area contributed by atoms with Crippen molar-refractivity contribution in [3.63, 3.8) is 0 Å². The number of carbonyl (C=O) groups excluding carboxylic acids is 4. The molecule has 29 heavy (non-hydrogen) atoms. The molecule has 1 heterocycles. The van der Waals surface area contributed by atoms with Gasteiger partial charge in [0.2, 0.25) is 11.8 Å². The zero-order valence-corrected chi connectivity index (χ0v) is 16.2. The van der Waals surface area contributed by atoms with Crippen molar-refractivity contribution in [1.82, 2.24) is 4.90 Å². The van der Waals surface area contributed by atoms with E-state index in [4.69, 9.17) is 11.6 Å². The molecule has 0 bridgehead atoms. The van der Waals surface area contributed by atoms with Gasteiger partial charge in [-0.15, -0.1) is 0 Å². The molecule has 0 atom stereocenters. The van der Waals surface area contributed by atoms with Crippen LogP contribution in [0.5, 0.6) is 0 Å². The Balaban J connectivity index is 1.61. The number of rotatable bonds is 5. The quantitative estimate of drug-likeness (QED) is 0.702. The molecule has 1 saturated heterocycles. The van der Waals surface area contributed by atoms with Crippen LogP contribution in [0.3, 0.4) is 0 Å². The number of halogens is 2. The first-order chi connectivity index (χ1) is 13.8. The van der Waals surface area contributed by atoms with Gasteiger partial charge in [0.05, 0.1) is 4.91 Å². The van der Waals surface area contributed by atoms with Crippen LogP contribution in [0.1, 0.15) is 0 Å². The predicted molar refractivity (Wildman–Crippen MR) is 108 cm³/mol. The number of amides is 4. The molecule has 0 unspecified atom stereocenters. The maximum absolute atomic E-state index is 12.9. The van der Waals surface area contributed by atoms with Gasteiger partial charge in [-0.1, -0.05) is 11.6 Å². The lowest BCUT2D eigenvalue weighted by Crippen LogP contribution is -2.36. The minimum absolute atomic E-state index is 0.101. The fourth-order valence-electron chi connectivity index (χ4n) is 2.34. The van der Waals surface area contributed by atoms with Crippen LogP contribution in [0.2, 0.25) is 5.02 Å². The van der Waals surface area contributed by atoms with Gasteiger partial charge >= 0.3 is 0 Å². The third-order valence-corrected chi connectivity index (χ3v) is 4.84. The summed E-state index contributed by atoms with van der Waals surface area (Å²) in [6.07, 6.45) is 0.997. The number of thioether (sulfide) groups is 1. The van der Waals surface area contributed by atoms with Gasteiger partial charge in [0.25, 0.3) is 11.1 Å². The second-order valence-electron chi connectivity index (χ2n) is 5.82. The van der Waals surface area contributed by atoms with Crippen LogP contribution < -0.4 is 10.6 Å². The van der Waals surface area contributed by atoms with Gasteiger partial charge in [-0.05, 0) is 60.3 Å². The molecule has 1 aliphatic heterocycles. The van der Waals surface area contributed by atoms with E-state index in [1.165, 1.54) is 12.1 Å². The Bertz CT molecular complexity index is 1010. The first kappa shape index (κ1) is 20.6. The third-order valence-electron chi connectivity index (χ3n) is 3.68. The lowest BCUT2D eigenvalue weighted by molar-refractivity contribution is -0.127. The number of hydrogen-bond donors (Lipinski definition) is 2. The normalized spacial score (nSPS) is 15.0. The van der Waals surface area contributed by atoms with E-state index in [1.807, 2.05) is 0 Å². The third kappa shape index (κ3) is 5.43. The van der Waals surface area contributed by atoms with Crippen LogP contribution in [-0.2, 0) is 14.4 Å². The average Bonchev–Trinajstić information content (AvgIpc) is 2.93. The predicted octanol–water partition coefficient (Wildman–Crippen LogP) is 3.64. The van der Waals surface area contributed by atoms with Gasteiger partial charge in [-0.2, -0.15) is 0 Å². The molecule has 3 rings (SSSR count). The SMILES string of the molecule is O=C(/C=C1\SC(=O)N(CC(=O)Nc2ccc(F)cc2)C1=O)Nc1ccc(Cl)cc1. The van der Waals surface area contributed by atoms with E-state index in [0.717, 1.165) is 23.1 Å². The second kappa shape index (κ2) is 8.89. The number of anilines is 2. The molecule has 0 aromatic heterocycles. The molecular weight excluding hydrogens is 421 g/mol. The van der Waals surface area contributed by atoms with Gasteiger partial charge in [-0.3, -0.25) is 24.1 Å². The topological polar surface area (TPSA) is 95.6 Å². The summed E-state index contributed by atoms with van der Waals surface area (Å²) in [7, 11) is 0. The zero-order valence-electron chi connectivity index (χ0n) is 14.6. The molecule has 4 amide bonds. The van der Waals surface area contributed by atoms with Crippen molar-refractivity contribution in [2.24, 2.45) is 0 Å². The minimum atomic E-state index is -0.750. The summed E-state index contributed by atoms with van der Waals surface area (Å²) in [6.45, 7) is -0.530.